The Morgan fingerprint density at radius 2 is 2.23 bits per heavy atom. The summed E-state index contributed by atoms with van der Waals surface area (Å²) in [6.45, 7) is 1.88. The van der Waals surface area contributed by atoms with Crippen LogP contribution < -0.4 is 5.32 Å². The lowest BCUT2D eigenvalue weighted by Crippen LogP contribution is -2.21. The molecule has 1 aromatic rings. The number of nitrogens with zero attached hydrogens (tertiary/aromatic N) is 2. The number of likely N-dealkylation sites (N-methyl/N-ethyl adjacent to an activating group) is 1. The van der Waals surface area contributed by atoms with Crippen molar-refractivity contribution in [3.8, 4) is 0 Å². The van der Waals surface area contributed by atoms with Crippen LogP contribution in [0, 0.1) is 0 Å². The zero-order chi connectivity index (χ0) is 9.68. The van der Waals surface area contributed by atoms with Gasteiger partial charge in [0.2, 0.25) is 0 Å². The molecule has 0 spiro atoms. The Bertz CT molecular complexity index is 246. The molecule has 0 aliphatic carbocycles. The van der Waals surface area contributed by atoms with Gasteiger partial charge in [-0.3, -0.25) is 0 Å². The summed E-state index contributed by atoms with van der Waals surface area (Å²) in [5, 5.41) is 3.86. The fourth-order valence-electron chi connectivity index (χ4n) is 0.888. The van der Waals surface area contributed by atoms with Gasteiger partial charge in [0, 0.05) is 19.3 Å². The van der Waals surface area contributed by atoms with E-state index in [4.69, 9.17) is 11.6 Å². The van der Waals surface area contributed by atoms with E-state index >= 15 is 0 Å². The molecule has 0 saturated heterocycles. The van der Waals surface area contributed by atoms with Gasteiger partial charge in [-0.25, -0.2) is 4.98 Å². The Kier molecular flexibility index (Phi) is 3.99. The van der Waals surface area contributed by atoms with Crippen LogP contribution in [0.1, 0.15) is 0 Å². The van der Waals surface area contributed by atoms with Gasteiger partial charge in [-0.1, -0.05) is 11.6 Å². The van der Waals surface area contributed by atoms with E-state index in [1.807, 2.05) is 26.2 Å². The van der Waals surface area contributed by atoms with Crippen LogP contribution in [0.4, 0.5) is 5.82 Å². The highest BCUT2D eigenvalue weighted by atomic mass is 35.5. The molecule has 1 heterocycles. The van der Waals surface area contributed by atoms with Crippen LogP contribution in [0.25, 0.3) is 0 Å². The third-order valence-electron chi connectivity index (χ3n) is 1.59. The van der Waals surface area contributed by atoms with Gasteiger partial charge >= 0.3 is 0 Å². The molecule has 1 aromatic heterocycles. The molecule has 0 amide bonds. The molecule has 0 fully saturated rings. The summed E-state index contributed by atoms with van der Waals surface area (Å²) in [5.74, 6) is 0.867. The molecule has 0 aliphatic rings. The molecule has 1 rings (SSSR count). The van der Waals surface area contributed by atoms with Crippen molar-refractivity contribution in [1.29, 1.82) is 0 Å². The topological polar surface area (TPSA) is 28.2 Å². The highest BCUT2D eigenvalue weighted by Crippen LogP contribution is 2.08. The highest BCUT2D eigenvalue weighted by molar-refractivity contribution is 6.30. The lowest BCUT2D eigenvalue weighted by atomic mass is 10.4. The standard InChI is InChI=1S/C9H14ClN3/c1-13(2)6-5-11-9-4-3-8(10)7-12-9/h3-4,7H,5-6H2,1-2H3,(H,11,12). The molecule has 72 valence electrons. The van der Waals surface area contributed by atoms with Crippen molar-refractivity contribution in [1.82, 2.24) is 9.88 Å². The minimum Gasteiger partial charge on any atom is -0.369 e. The first-order valence-electron chi connectivity index (χ1n) is 4.18. The van der Waals surface area contributed by atoms with E-state index in [1.54, 1.807) is 6.20 Å². The molecule has 1 N–H and O–H groups in total. The maximum Gasteiger partial charge on any atom is 0.126 e. The minimum atomic E-state index is 0.665. The number of pyridine rings is 1. The molecule has 0 bridgehead atoms. The molecule has 0 radical (unpaired) electrons. The number of halogens is 1. The van der Waals surface area contributed by atoms with Crippen LogP contribution in [0.3, 0.4) is 0 Å². The fourth-order valence-corrected chi connectivity index (χ4v) is 1.000. The van der Waals surface area contributed by atoms with E-state index < -0.39 is 0 Å². The summed E-state index contributed by atoms with van der Waals surface area (Å²) >= 11 is 5.70. The Hall–Kier alpha value is -0.800. The fraction of sp³-hybridized carbons (Fsp3) is 0.444. The van der Waals surface area contributed by atoms with Gasteiger partial charge in [0.15, 0.2) is 0 Å². The molecule has 3 nitrogen and oxygen atoms in total. The third kappa shape index (κ3) is 4.10. The SMILES string of the molecule is CN(C)CCNc1ccc(Cl)cn1. The van der Waals surface area contributed by atoms with Gasteiger partial charge in [-0.05, 0) is 26.2 Å². The zero-order valence-corrected chi connectivity index (χ0v) is 8.67. The number of anilines is 1. The van der Waals surface area contributed by atoms with E-state index in [9.17, 15) is 0 Å². The first kappa shape index (κ1) is 10.3. The molecule has 0 aliphatic heterocycles. The van der Waals surface area contributed by atoms with Gasteiger partial charge < -0.3 is 10.2 Å². The monoisotopic (exact) mass is 199 g/mol. The molecular formula is C9H14ClN3. The Morgan fingerprint density at radius 3 is 2.77 bits per heavy atom. The lowest BCUT2D eigenvalue weighted by Gasteiger charge is -2.10. The van der Waals surface area contributed by atoms with Crippen LogP contribution in [0.5, 0.6) is 0 Å². The normalized spacial score (nSPS) is 10.5. The van der Waals surface area contributed by atoms with E-state index in [0.717, 1.165) is 18.9 Å². The number of nitrogens with one attached hydrogen (secondary N) is 1. The van der Waals surface area contributed by atoms with Crippen LogP contribution in [0.2, 0.25) is 5.02 Å². The molecule has 4 heteroatoms. The smallest absolute Gasteiger partial charge is 0.126 e. The minimum absolute atomic E-state index is 0.665. The van der Waals surface area contributed by atoms with Crippen LogP contribution in [-0.4, -0.2) is 37.1 Å². The summed E-state index contributed by atoms with van der Waals surface area (Å²) in [6.07, 6.45) is 1.64. The third-order valence-corrected chi connectivity index (χ3v) is 1.82. The molecule has 0 aromatic carbocycles. The van der Waals surface area contributed by atoms with Crippen LogP contribution in [0.15, 0.2) is 18.3 Å². The van der Waals surface area contributed by atoms with E-state index in [-0.39, 0.29) is 0 Å². The summed E-state index contributed by atoms with van der Waals surface area (Å²) in [5.41, 5.74) is 0. The van der Waals surface area contributed by atoms with Gasteiger partial charge in [0.25, 0.3) is 0 Å². The summed E-state index contributed by atoms with van der Waals surface area (Å²) < 4.78 is 0. The summed E-state index contributed by atoms with van der Waals surface area (Å²) in [6, 6.07) is 3.70. The first-order chi connectivity index (χ1) is 6.18. The molecule has 0 atom stereocenters. The van der Waals surface area contributed by atoms with Crippen molar-refractivity contribution in [3.63, 3.8) is 0 Å². The van der Waals surface area contributed by atoms with Gasteiger partial charge in [-0.15, -0.1) is 0 Å². The number of rotatable bonds is 4. The molecule has 13 heavy (non-hydrogen) atoms. The van der Waals surface area contributed by atoms with Crippen molar-refractivity contribution in [3.05, 3.63) is 23.4 Å². The second-order valence-corrected chi connectivity index (χ2v) is 3.53. The van der Waals surface area contributed by atoms with Gasteiger partial charge in [0.05, 0.1) is 5.02 Å². The van der Waals surface area contributed by atoms with Crippen LogP contribution >= 0.6 is 11.6 Å². The quantitative estimate of drug-likeness (QED) is 0.801. The highest BCUT2D eigenvalue weighted by Gasteiger charge is 1.93. The van der Waals surface area contributed by atoms with Crippen molar-refractivity contribution >= 4 is 17.4 Å². The van der Waals surface area contributed by atoms with Gasteiger partial charge in [-0.2, -0.15) is 0 Å². The van der Waals surface area contributed by atoms with Gasteiger partial charge in [0.1, 0.15) is 5.82 Å². The predicted octanol–water partition coefficient (Wildman–Crippen LogP) is 1.71. The maximum atomic E-state index is 5.70. The Morgan fingerprint density at radius 1 is 1.46 bits per heavy atom. The first-order valence-corrected chi connectivity index (χ1v) is 4.56. The maximum absolute atomic E-state index is 5.70. The molecule has 0 saturated carbocycles. The Labute approximate surface area is 83.7 Å². The average molecular weight is 200 g/mol. The summed E-state index contributed by atoms with van der Waals surface area (Å²) in [4.78, 5) is 6.23. The van der Waals surface area contributed by atoms with E-state index in [2.05, 4.69) is 15.2 Å². The Balaban J connectivity index is 2.33. The van der Waals surface area contributed by atoms with Crippen LogP contribution in [-0.2, 0) is 0 Å². The van der Waals surface area contributed by atoms with E-state index in [0.29, 0.717) is 5.02 Å². The zero-order valence-electron chi connectivity index (χ0n) is 7.92. The number of hydrogen-bond donors (Lipinski definition) is 1. The lowest BCUT2D eigenvalue weighted by molar-refractivity contribution is 0.425. The predicted molar refractivity (Wildman–Crippen MR) is 56.3 cm³/mol. The molecular weight excluding hydrogens is 186 g/mol. The number of hydrogen-bond acceptors (Lipinski definition) is 3. The van der Waals surface area contributed by atoms with Crippen molar-refractivity contribution in [2.45, 2.75) is 0 Å². The largest absolute Gasteiger partial charge is 0.369 e. The average Bonchev–Trinajstić information content (AvgIpc) is 2.08. The van der Waals surface area contributed by atoms with Crippen molar-refractivity contribution < 1.29 is 0 Å². The van der Waals surface area contributed by atoms with Crippen molar-refractivity contribution in [2.24, 2.45) is 0 Å². The summed E-state index contributed by atoms with van der Waals surface area (Å²) in [7, 11) is 4.08. The molecule has 0 unspecified atom stereocenters. The van der Waals surface area contributed by atoms with Crippen molar-refractivity contribution in [2.75, 3.05) is 32.5 Å². The second-order valence-electron chi connectivity index (χ2n) is 3.09. The second kappa shape index (κ2) is 5.04. The number of aromatic nitrogens is 1. The van der Waals surface area contributed by atoms with E-state index in [1.165, 1.54) is 0 Å².